The van der Waals surface area contributed by atoms with Gasteiger partial charge in [0, 0.05) is 5.69 Å². The Bertz CT molecular complexity index is 857. The lowest BCUT2D eigenvalue weighted by atomic mass is 10.2. The van der Waals surface area contributed by atoms with Gasteiger partial charge in [0.05, 0.1) is 17.9 Å². The van der Waals surface area contributed by atoms with Gasteiger partial charge in [-0.2, -0.15) is 0 Å². The molecule has 2 rings (SSSR count). The van der Waals surface area contributed by atoms with Crippen LogP contribution >= 0.6 is 0 Å². The number of nitrogens with one attached hydrogen (secondary N) is 2. The predicted molar refractivity (Wildman–Crippen MR) is 102 cm³/mol. The highest BCUT2D eigenvalue weighted by Crippen LogP contribution is 2.11. The molecule has 0 saturated carbocycles. The van der Waals surface area contributed by atoms with Crippen molar-refractivity contribution < 1.29 is 33.1 Å². The van der Waals surface area contributed by atoms with Crippen LogP contribution in [0.2, 0.25) is 0 Å². The van der Waals surface area contributed by atoms with Crippen LogP contribution < -0.4 is 10.6 Å². The second kappa shape index (κ2) is 10.1. The van der Waals surface area contributed by atoms with Gasteiger partial charge in [0.1, 0.15) is 6.04 Å². The van der Waals surface area contributed by atoms with E-state index >= 15 is 0 Å². The highest BCUT2D eigenvalue weighted by molar-refractivity contribution is 5.96. The summed E-state index contributed by atoms with van der Waals surface area (Å²) in [5.74, 6) is -2.31. The minimum atomic E-state index is -0.966. The number of hydrogen-bond acceptors (Lipinski definition) is 7. The first kappa shape index (κ1) is 21.7. The fourth-order valence-electron chi connectivity index (χ4n) is 2.16. The van der Waals surface area contributed by atoms with E-state index in [0.717, 1.165) is 0 Å². The van der Waals surface area contributed by atoms with Gasteiger partial charge in [-0.25, -0.2) is 9.59 Å². The van der Waals surface area contributed by atoms with Crippen molar-refractivity contribution in [1.82, 2.24) is 5.32 Å². The van der Waals surface area contributed by atoms with Crippen LogP contribution in [-0.4, -0.2) is 42.5 Å². The summed E-state index contributed by atoms with van der Waals surface area (Å²) in [4.78, 5) is 47.4. The molecule has 29 heavy (non-hydrogen) atoms. The molecule has 9 nitrogen and oxygen atoms in total. The van der Waals surface area contributed by atoms with Crippen molar-refractivity contribution in [3.63, 3.8) is 0 Å². The van der Waals surface area contributed by atoms with E-state index in [1.54, 1.807) is 19.9 Å². The number of carbonyl (C=O) groups excluding carboxylic acids is 4. The number of anilines is 1. The van der Waals surface area contributed by atoms with Gasteiger partial charge in [-0.1, -0.05) is 0 Å². The molecule has 1 heterocycles. The topological polar surface area (TPSA) is 124 Å². The van der Waals surface area contributed by atoms with Crippen molar-refractivity contribution in [2.75, 3.05) is 11.9 Å². The van der Waals surface area contributed by atoms with E-state index in [1.165, 1.54) is 43.5 Å². The predicted octanol–water partition coefficient (Wildman–Crippen LogP) is 2.14. The highest BCUT2D eigenvalue weighted by atomic mass is 16.5. The lowest BCUT2D eigenvalue weighted by molar-refractivity contribution is -0.148. The fraction of sp³-hybridized carbons (Fsp3) is 0.300. The van der Waals surface area contributed by atoms with E-state index in [4.69, 9.17) is 13.9 Å². The Kier molecular flexibility index (Phi) is 7.53. The number of rotatable bonds is 8. The van der Waals surface area contributed by atoms with Gasteiger partial charge in [-0.05, 0) is 57.2 Å². The van der Waals surface area contributed by atoms with Crippen molar-refractivity contribution in [1.29, 1.82) is 0 Å². The number of carbonyl (C=O) groups is 4. The average Bonchev–Trinajstić information content (AvgIpc) is 3.21. The number of benzene rings is 1. The molecule has 0 spiro atoms. The molecule has 1 atom stereocenters. The van der Waals surface area contributed by atoms with Crippen LogP contribution in [0.15, 0.2) is 47.1 Å². The van der Waals surface area contributed by atoms with Crippen LogP contribution in [0.25, 0.3) is 0 Å². The van der Waals surface area contributed by atoms with Crippen LogP contribution in [0.1, 0.15) is 41.7 Å². The largest absolute Gasteiger partial charge is 0.459 e. The maximum absolute atomic E-state index is 11.9. The molecule has 9 heteroatoms. The van der Waals surface area contributed by atoms with Crippen LogP contribution in [0.4, 0.5) is 5.69 Å². The zero-order chi connectivity index (χ0) is 21.4. The van der Waals surface area contributed by atoms with E-state index in [1.807, 2.05) is 0 Å². The van der Waals surface area contributed by atoms with Crippen molar-refractivity contribution in [2.24, 2.45) is 0 Å². The first-order valence-corrected chi connectivity index (χ1v) is 8.88. The number of furan rings is 1. The molecule has 0 aliphatic carbocycles. The van der Waals surface area contributed by atoms with Crippen LogP contribution in [0.5, 0.6) is 0 Å². The zero-order valence-electron chi connectivity index (χ0n) is 16.3. The van der Waals surface area contributed by atoms with Crippen molar-refractivity contribution in [3.05, 3.63) is 54.0 Å². The van der Waals surface area contributed by atoms with E-state index in [-0.39, 0.29) is 11.9 Å². The Hall–Kier alpha value is -3.62. The summed E-state index contributed by atoms with van der Waals surface area (Å²) >= 11 is 0. The SMILES string of the molecule is CC(C)OC(=O)c1ccc(NC(=O)COC(=O)[C@H](C)NC(=O)c2ccco2)cc1. The second-order valence-electron chi connectivity index (χ2n) is 6.36. The third kappa shape index (κ3) is 6.80. The van der Waals surface area contributed by atoms with Crippen molar-refractivity contribution in [2.45, 2.75) is 32.9 Å². The summed E-state index contributed by atoms with van der Waals surface area (Å²) in [6.07, 6.45) is 1.10. The lowest BCUT2D eigenvalue weighted by Gasteiger charge is -2.13. The molecule has 0 radical (unpaired) electrons. The maximum atomic E-state index is 11.9. The monoisotopic (exact) mass is 402 g/mol. The third-order valence-corrected chi connectivity index (χ3v) is 3.54. The van der Waals surface area contributed by atoms with E-state index in [9.17, 15) is 19.2 Å². The molecule has 2 N–H and O–H groups in total. The van der Waals surface area contributed by atoms with Gasteiger partial charge < -0.3 is 24.5 Å². The summed E-state index contributed by atoms with van der Waals surface area (Å²) < 4.78 is 14.9. The minimum Gasteiger partial charge on any atom is -0.459 e. The minimum absolute atomic E-state index is 0.0584. The molecule has 0 bridgehead atoms. The normalized spacial score (nSPS) is 11.4. The number of hydrogen-bond donors (Lipinski definition) is 2. The smallest absolute Gasteiger partial charge is 0.338 e. The Balaban J connectivity index is 1.78. The first-order valence-electron chi connectivity index (χ1n) is 8.88. The number of ether oxygens (including phenoxy) is 2. The standard InChI is InChI=1S/C20H22N2O7/c1-12(2)29-20(26)14-6-8-15(9-7-14)22-17(23)11-28-19(25)13(3)21-18(24)16-5-4-10-27-16/h4-10,12-13H,11H2,1-3H3,(H,21,24)(H,22,23)/t13-/m0/s1. The Morgan fingerprint density at radius 1 is 1.03 bits per heavy atom. The van der Waals surface area contributed by atoms with Gasteiger partial charge in [0.2, 0.25) is 0 Å². The molecule has 0 aliphatic rings. The van der Waals surface area contributed by atoms with Gasteiger partial charge >= 0.3 is 11.9 Å². The van der Waals surface area contributed by atoms with Crippen molar-refractivity contribution in [3.8, 4) is 0 Å². The zero-order valence-corrected chi connectivity index (χ0v) is 16.3. The fourth-order valence-corrected chi connectivity index (χ4v) is 2.16. The molecular weight excluding hydrogens is 380 g/mol. The number of amides is 2. The van der Waals surface area contributed by atoms with Gasteiger partial charge in [-0.15, -0.1) is 0 Å². The molecule has 154 valence electrons. The Labute approximate surface area is 167 Å². The molecule has 1 aromatic carbocycles. The Morgan fingerprint density at radius 2 is 1.72 bits per heavy atom. The van der Waals surface area contributed by atoms with Crippen molar-refractivity contribution >= 4 is 29.4 Å². The Morgan fingerprint density at radius 3 is 2.31 bits per heavy atom. The molecule has 2 aromatic rings. The van der Waals surface area contributed by atoms with Gasteiger partial charge in [-0.3, -0.25) is 9.59 Å². The lowest BCUT2D eigenvalue weighted by Crippen LogP contribution is -2.40. The summed E-state index contributed by atoms with van der Waals surface area (Å²) in [5, 5.41) is 4.94. The molecule has 2 amide bonds. The molecule has 0 unspecified atom stereocenters. The number of esters is 2. The van der Waals surface area contributed by atoms with E-state index < -0.39 is 36.4 Å². The summed E-state index contributed by atoms with van der Waals surface area (Å²) in [7, 11) is 0. The molecule has 0 saturated heterocycles. The molecule has 0 aliphatic heterocycles. The van der Waals surface area contributed by atoms with Crippen LogP contribution in [0.3, 0.4) is 0 Å². The molecule has 0 fully saturated rings. The first-order chi connectivity index (χ1) is 13.8. The second-order valence-corrected chi connectivity index (χ2v) is 6.36. The quantitative estimate of drug-likeness (QED) is 0.648. The molecule has 1 aromatic heterocycles. The van der Waals surface area contributed by atoms with E-state index in [0.29, 0.717) is 11.3 Å². The summed E-state index contributed by atoms with van der Waals surface area (Å²) in [5.41, 5.74) is 0.774. The maximum Gasteiger partial charge on any atom is 0.338 e. The van der Waals surface area contributed by atoms with Gasteiger partial charge in [0.15, 0.2) is 12.4 Å². The molecular formula is C20H22N2O7. The summed E-state index contributed by atoms with van der Waals surface area (Å²) in [6.45, 7) is 4.39. The van der Waals surface area contributed by atoms with Gasteiger partial charge in [0.25, 0.3) is 11.8 Å². The summed E-state index contributed by atoms with van der Waals surface area (Å²) in [6, 6.07) is 8.12. The van der Waals surface area contributed by atoms with Crippen LogP contribution in [-0.2, 0) is 19.1 Å². The highest BCUT2D eigenvalue weighted by Gasteiger charge is 2.20. The third-order valence-electron chi connectivity index (χ3n) is 3.54. The van der Waals surface area contributed by atoms with E-state index in [2.05, 4.69) is 10.6 Å². The average molecular weight is 402 g/mol. The van der Waals surface area contributed by atoms with Crippen LogP contribution in [0, 0.1) is 0 Å².